The standard InChI is InChI=1S/C28H32N4O/c1-29-28(30-18-10-17-27(33)32-20-24-15-8-9-16-25(24)21-32)31-19-26(22-11-4-2-5-12-22)23-13-6-3-7-14-23/h2-9,11-16,26H,10,17-21H2,1H3,(H2,29,30,31). The molecule has 4 rings (SSSR count). The minimum atomic E-state index is 0.212. The molecule has 0 atom stereocenters. The van der Waals surface area contributed by atoms with Gasteiger partial charge in [0.15, 0.2) is 5.96 Å². The highest BCUT2D eigenvalue weighted by Gasteiger charge is 2.22. The number of nitrogens with one attached hydrogen (secondary N) is 2. The van der Waals surface area contributed by atoms with Crippen LogP contribution in [0.15, 0.2) is 89.9 Å². The molecule has 3 aromatic rings. The van der Waals surface area contributed by atoms with Crippen LogP contribution in [0.3, 0.4) is 0 Å². The second-order valence-corrected chi connectivity index (χ2v) is 8.38. The Morgan fingerprint density at radius 2 is 1.39 bits per heavy atom. The van der Waals surface area contributed by atoms with E-state index in [0.717, 1.165) is 32.0 Å². The van der Waals surface area contributed by atoms with Gasteiger partial charge in [0.05, 0.1) is 0 Å². The van der Waals surface area contributed by atoms with Crippen LogP contribution in [0.1, 0.15) is 41.0 Å². The summed E-state index contributed by atoms with van der Waals surface area (Å²) in [6.45, 7) is 2.89. The molecule has 0 aliphatic carbocycles. The minimum Gasteiger partial charge on any atom is -0.356 e. The summed E-state index contributed by atoms with van der Waals surface area (Å²) in [6.07, 6.45) is 1.31. The maximum Gasteiger partial charge on any atom is 0.223 e. The van der Waals surface area contributed by atoms with Crippen LogP contribution >= 0.6 is 0 Å². The molecule has 5 nitrogen and oxygen atoms in total. The summed E-state index contributed by atoms with van der Waals surface area (Å²) in [7, 11) is 1.78. The lowest BCUT2D eigenvalue weighted by atomic mass is 9.91. The molecule has 1 amide bonds. The molecule has 0 radical (unpaired) electrons. The van der Waals surface area contributed by atoms with Crippen molar-refractivity contribution in [1.82, 2.24) is 15.5 Å². The normalized spacial score (nSPS) is 13.2. The van der Waals surface area contributed by atoms with Gasteiger partial charge in [-0.1, -0.05) is 84.9 Å². The van der Waals surface area contributed by atoms with Crippen molar-refractivity contribution in [2.45, 2.75) is 31.8 Å². The largest absolute Gasteiger partial charge is 0.356 e. The Balaban J connectivity index is 1.24. The summed E-state index contributed by atoms with van der Waals surface area (Å²) >= 11 is 0. The zero-order valence-corrected chi connectivity index (χ0v) is 19.2. The minimum absolute atomic E-state index is 0.212. The van der Waals surface area contributed by atoms with Gasteiger partial charge in [0.1, 0.15) is 0 Å². The van der Waals surface area contributed by atoms with Gasteiger partial charge in [0.25, 0.3) is 0 Å². The van der Waals surface area contributed by atoms with Crippen molar-refractivity contribution >= 4 is 11.9 Å². The van der Waals surface area contributed by atoms with Gasteiger partial charge in [-0.15, -0.1) is 0 Å². The number of amides is 1. The van der Waals surface area contributed by atoms with Gasteiger partial charge in [0.2, 0.25) is 5.91 Å². The zero-order chi connectivity index (χ0) is 22.9. The third-order valence-electron chi connectivity index (χ3n) is 6.15. The molecule has 0 unspecified atom stereocenters. The Kier molecular flexibility index (Phi) is 7.75. The van der Waals surface area contributed by atoms with Crippen LogP contribution in [0.4, 0.5) is 0 Å². The van der Waals surface area contributed by atoms with Crippen LogP contribution in [-0.4, -0.2) is 36.9 Å². The van der Waals surface area contributed by atoms with Gasteiger partial charge in [0, 0.05) is 45.6 Å². The van der Waals surface area contributed by atoms with Gasteiger partial charge in [-0.05, 0) is 28.7 Å². The molecule has 1 aliphatic rings. The number of hydrogen-bond donors (Lipinski definition) is 2. The number of carbonyl (C=O) groups is 1. The molecule has 3 aromatic carbocycles. The van der Waals surface area contributed by atoms with E-state index in [0.29, 0.717) is 13.0 Å². The summed E-state index contributed by atoms with van der Waals surface area (Å²) < 4.78 is 0. The van der Waals surface area contributed by atoms with Crippen molar-refractivity contribution in [3.8, 4) is 0 Å². The summed E-state index contributed by atoms with van der Waals surface area (Å²) in [5.41, 5.74) is 5.06. The number of hydrogen-bond acceptors (Lipinski definition) is 2. The first-order chi connectivity index (χ1) is 16.2. The highest BCUT2D eigenvalue weighted by atomic mass is 16.2. The smallest absolute Gasteiger partial charge is 0.223 e. The fraction of sp³-hybridized carbons (Fsp3) is 0.286. The lowest BCUT2D eigenvalue weighted by Crippen LogP contribution is -2.40. The molecular weight excluding hydrogens is 408 g/mol. The fourth-order valence-corrected chi connectivity index (χ4v) is 4.33. The predicted molar refractivity (Wildman–Crippen MR) is 134 cm³/mol. The molecule has 1 heterocycles. The van der Waals surface area contributed by atoms with Gasteiger partial charge in [-0.25, -0.2) is 0 Å². The average molecular weight is 441 g/mol. The molecule has 33 heavy (non-hydrogen) atoms. The second-order valence-electron chi connectivity index (χ2n) is 8.38. The third-order valence-corrected chi connectivity index (χ3v) is 6.15. The van der Waals surface area contributed by atoms with E-state index in [1.54, 1.807) is 7.05 Å². The van der Waals surface area contributed by atoms with Crippen molar-refractivity contribution in [2.24, 2.45) is 4.99 Å². The summed E-state index contributed by atoms with van der Waals surface area (Å²) in [4.78, 5) is 18.9. The molecule has 0 saturated heterocycles. The number of rotatable bonds is 8. The summed E-state index contributed by atoms with van der Waals surface area (Å²) in [6, 6.07) is 29.3. The Bertz CT molecular complexity index is 1000. The number of nitrogens with zero attached hydrogens (tertiary/aromatic N) is 2. The first-order valence-electron chi connectivity index (χ1n) is 11.6. The van der Waals surface area contributed by atoms with Crippen molar-refractivity contribution in [3.05, 3.63) is 107 Å². The zero-order valence-electron chi connectivity index (χ0n) is 19.2. The highest BCUT2D eigenvalue weighted by molar-refractivity contribution is 5.80. The third kappa shape index (κ3) is 6.01. The fourth-order valence-electron chi connectivity index (χ4n) is 4.33. The number of carbonyl (C=O) groups excluding carboxylic acids is 1. The van der Waals surface area contributed by atoms with Crippen LogP contribution in [-0.2, 0) is 17.9 Å². The Morgan fingerprint density at radius 3 is 1.94 bits per heavy atom. The molecule has 0 bridgehead atoms. The van der Waals surface area contributed by atoms with Gasteiger partial charge < -0.3 is 15.5 Å². The molecule has 1 aliphatic heterocycles. The van der Waals surface area contributed by atoms with E-state index in [9.17, 15) is 4.79 Å². The van der Waals surface area contributed by atoms with Crippen molar-refractivity contribution in [2.75, 3.05) is 20.1 Å². The summed E-state index contributed by atoms with van der Waals surface area (Å²) in [5, 5.41) is 6.82. The first-order valence-corrected chi connectivity index (χ1v) is 11.6. The van der Waals surface area contributed by atoms with Gasteiger partial charge >= 0.3 is 0 Å². The van der Waals surface area contributed by atoms with E-state index in [1.807, 2.05) is 29.2 Å². The Labute approximate surface area is 196 Å². The first kappa shape index (κ1) is 22.6. The molecule has 5 heteroatoms. The van der Waals surface area contributed by atoms with E-state index in [4.69, 9.17) is 0 Å². The van der Waals surface area contributed by atoms with E-state index in [-0.39, 0.29) is 11.8 Å². The van der Waals surface area contributed by atoms with Gasteiger partial charge in [-0.3, -0.25) is 9.79 Å². The average Bonchev–Trinajstić information content (AvgIpc) is 3.31. The van der Waals surface area contributed by atoms with Crippen molar-refractivity contribution < 1.29 is 4.79 Å². The van der Waals surface area contributed by atoms with Crippen LogP contribution < -0.4 is 10.6 Å². The Hall–Kier alpha value is -3.60. The molecule has 2 N–H and O–H groups in total. The molecule has 0 saturated carbocycles. The number of guanidine groups is 1. The highest BCUT2D eigenvalue weighted by Crippen LogP contribution is 2.24. The molecule has 0 aromatic heterocycles. The van der Waals surface area contributed by atoms with Crippen LogP contribution in [0.5, 0.6) is 0 Å². The van der Waals surface area contributed by atoms with E-state index in [1.165, 1.54) is 22.3 Å². The van der Waals surface area contributed by atoms with E-state index in [2.05, 4.69) is 76.3 Å². The second kappa shape index (κ2) is 11.3. The quantitative estimate of drug-likeness (QED) is 0.312. The van der Waals surface area contributed by atoms with Crippen molar-refractivity contribution in [1.29, 1.82) is 0 Å². The molecule has 0 fully saturated rings. The topological polar surface area (TPSA) is 56.7 Å². The van der Waals surface area contributed by atoms with Gasteiger partial charge in [-0.2, -0.15) is 0 Å². The van der Waals surface area contributed by atoms with Crippen LogP contribution in [0.2, 0.25) is 0 Å². The molecule has 170 valence electrons. The van der Waals surface area contributed by atoms with Crippen LogP contribution in [0.25, 0.3) is 0 Å². The lowest BCUT2D eigenvalue weighted by Gasteiger charge is -2.21. The van der Waals surface area contributed by atoms with Crippen molar-refractivity contribution in [3.63, 3.8) is 0 Å². The number of aliphatic imine (C=N–C) groups is 1. The van der Waals surface area contributed by atoms with E-state index < -0.39 is 0 Å². The molecule has 0 spiro atoms. The maximum absolute atomic E-state index is 12.6. The molecular formula is C28H32N4O. The van der Waals surface area contributed by atoms with Crippen LogP contribution in [0, 0.1) is 0 Å². The number of fused-ring (bicyclic) bond motifs is 1. The van der Waals surface area contributed by atoms with E-state index >= 15 is 0 Å². The number of benzene rings is 3. The summed E-state index contributed by atoms with van der Waals surface area (Å²) in [5.74, 6) is 1.20. The predicted octanol–water partition coefficient (Wildman–Crippen LogP) is 4.31. The Morgan fingerprint density at radius 1 is 0.848 bits per heavy atom. The SMILES string of the molecule is CN=C(NCCCC(=O)N1Cc2ccccc2C1)NCC(c1ccccc1)c1ccccc1. The monoisotopic (exact) mass is 440 g/mol. The maximum atomic E-state index is 12.6. The lowest BCUT2D eigenvalue weighted by molar-refractivity contribution is -0.131.